The van der Waals surface area contributed by atoms with Crippen molar-refractivity contribution in [2.75, 3.05) is 0 Å². The summed E-state index contributed by atoms with van der Waals surface area (Å²) in [6.07, 6.45) is 3.29. The summed E-state index contributed by atoms with van der Waals surface area (Å²) in [5, 5.41) is 14.7. The third-order valence-electron chi connectivity index (χ3n) is 2.83. The maximum Gasteiger partial charge on any atom is 0.101 e. The van der Waals surface area contributed by atoms with Crippen molar-refractivity contribution in [2.24, 2.45) is 7.05 Å². The fraction of sp³-hybridized carbons (Fsp3) is 0.385. The average molecular weight is 213 g/mol. The van der Waals surface area contributed by atoms with E-state index in [1.165, 1.54) is 0 Å². The lowest BCUT2D eigenvalue weighted by atomic mass is 10.1. The number of fused-ring (bicyclic) bond motifs is 1. The van der Waals surface area contributed by atoms with Crippen molar-refractivity contribution in [3.05, 3.63) is 29.5 Å². The van der Waals surface area contributed by atoms with E-state index in [1.807, 2.05) is 29.9 Å². The van der Waals surface area contributed by atoms with Crippen LogP contribution in [0.4, 0.5) is 0 Å². The Balaban J connectivity index is 2.58. The Morgan fingerprint density at radius 2 is 2.25 bits per heavy atom. The minimum absolute atomic E-state index is 0.704. The van der Waals surface area contributed by atoms with Gasteiger partial charge in [-0.3, -0.25) is 4.68 Å². The van der Waals surface area contributed by atoms with Gasteiger partial charge in [0.2, 0.25) is 0 Å². The van der Waals surface area contributed by atoms with Crippen molar-refractivity contribution in [3.63, 3.8) is 0 Å². The molecule has 0 atom stereocenters. The zero-order valence-corrected chi connectivity index (χ0v) is 9.70. The van der Waals surface area contributed by atoms with Crippen LogP contribution in [0.5, 0.6) is 0 Å². The SMILES string of the molecule is CCCCc1nn(C)c2c(C#N)cccc12. The second-order valence-corrected chi connectivity index (χ2v) is 3.99. The van der Waals surface area contributed by atoms with Crippen LogP contribution in [0.2, 0.25) is 0 Å². The summed E-state index contributed by atoms with van der Waals surface area (Å²) < 4.78 is 1.82. The Morgan fingerprint density at radius 3 is 2.94 bits per heavy atom. The topological polar surface area (TPSA) is 41.6 Å². The van der Waals surface area contributed by atoms with Gasteiger partial charge in [-0.25, -0.2) is 0 Å². The van der Waals surface area contributed by atoms with E-state index in [-0.39, 0.29) is 0 Å². The lowest BCUT2D eigenvalue weighted by molar-refractivity contribution is 0.726. The van der Waals surface area contributed by atoms with Gasteiger partial charge in [-0.1, -0.05) is 25.5 Å². The normalized spacial score (nSPS) is 10.6. The number of aromatic nitrogens is 2. The molecular weight excluding hydrogens is 198 g/mol. The molecule has 82 valence electrons. The molecule has 2 rings (SSSR count). The molecule has 2 aromatic rings. The zero-order valence-electron chi connectivity index (χ0n) is 9.70. The first-order valence-corrected chi connectivity index (χ1v) is 5.62. The third kappa shape index (κ3) is 1.67. The largest absolute Gasteiger partial charge is 0.266 e. The van der Waals surface area contributed by atoms with Gasteiger partial charge in [0.25, 0.3) is 0 Å². The fourth-order valence-corrected chi connectivity index (χ4v) is 2.03. The maximum absolute atomic E-state index is 9.05. The molecule has 1 heterocycles. The van der Waals surface area contributed by atoms with Crippen molar-refractivity contribution in [3.8, 4) is 6.07 Å². The van der Waals surface area contributed by atoms with E-state index in [4.69, 9.17) is 5.26 Å². The molecule has 0 aliphatic rings. The predicted octanol–water partition coefficient (Wildman–Crippen LogP) is 2.79. The van der Waals surface area contributed by atoms with E-state index in [1.54, 1.807) is 0 Å². The van der Waals surface area contributed by atoms with Crippen LogP contribution < -0.4 is 0 Å². The highest BCUT2D eigenvalue weighted by molar-refractivity contribution is 5.87. The first kappa shape index (κ1) is 10.7. The predicted molar refractivity (Wildman–Crippen MR) is 64.0 cm³/mol. The van der Waals surface area contributed by atoms with Crippen molar-refractivity contribution in [2.45, 2.75) is 26.2 Å². The van der Waals surface area contributed by atoms with Crippen molar-refractivity contribution in [1.29, 1.82) is 5.26 Å². The lowest BCUT2D eigenvalue weighted by Crippen LogP contribution is -1.93. The molecule has 1 aromatic heterocycles. The molecule has 0 amide bonds. The summed E-state index contributed by atoms with van der Waals surface area (Å²) in [5.41, 5.74) is 2.77. The third-order valence-corrected chi connectivity index (χ3v) is 2.83. The van der Waals surface area contributed by atoms with Crippen molar-refractivity contribution in [1.82, 2.24) is 9.78 Å². The Hall–Kier alpha value is -1.82. The van der Waals surface area contributed by atoms with E-state index < -0.39 is 0 Å². The summed E-state index contributed by atoms with van der Waals surface area (Å²) in [6.45, 7) is 2.17. The monoisotopic (exact) mass is 213 g/mol. The molecule has 3 heteroatoms. The quantitative estimate of drug-likeness (QED) is 0.786. The zero-order chi connectivity index (χ0) is 11.5. The number of hydrogen-bond donors (Lipinski definition) is 0. The van der Waals surface area contributed by atoms with Crippen LogP contribution in [0.25, 0.3) is 10.9 Å². The van der Waals surface area contributed by atoms with Crippen molar-refractivity contribution >= 4 is 10.9 Å². The number of aryl methyl sites for hydroxylation is 2. The first-order valence-electron chi connectivity index (χ1n) is 5.62. The van der Waals surface area contributed by atoms with Gasteiger partial charge in [-0.2, -0.15) is 10.4 Å². The van der Waals surface area contributed by atoms with Gasteiger partial charge in [0.05, 0.1) is 16.8 Å². The number of rotatable bonds is 3. The molecule has 0 saturated heterocycles. The molecule has 0 aliphatic carbocycles. The molecule has 0 unspecified atom stereocenters. The van der Waals surface area contributed by atoms with Gasteiger partial charge in [-0.15, -0.1) is 0 Å². The van der Waals surface area contributed by atoms with Gasteiger partial charge >= 0.3 is 0 Å². The van der Waals surface area contributed by atoms with Crippen LogP contribution in [-0.4, -0.2) is 9.78 Å². The summed E-state index contributed by atoms with van der Waals surface area (Å²) in [5.74, 6) is 0. The van der Waals surface area contributed by atoms with Gasteiger partial charge in [0.15, 0.2) is 0 Å². The summed E-state index contributed by atoms with van der Waals surface area (Å²) >= 11 is 0. The molecule has 3 nitrogen and oxygen atoms in total. The van der Waals surface area contributed by atoms with Crippen LogP contribution in [0.1, 0.15) is 31.0 Å². The van der Waals surface area contributed by atoms with E-state index in [9.17, 15) is 0 Å². The highest BCUT2D eigenvalue weighted by atomic mass is 15.3. The molecule has 0 spiro atoms. The second-order valence-electron chi connectivity index (χ2n) is 3.99. The maximum atomic E-state index is 9.05. The first-order chi connectivity index (χ1) is 7.77. The van der Waals surface area contributed by atoms with Gasteiger partial charge < -0.3 is 0 Å². The standard InChI is InChI=1S/C13H15N3/c1-3-4-8-12-11-7-5-6-10(9-14)13(11)16(2)15-12/h5-7H,3-4,8H2,1-2H3. The summed E-state index contributed by atoms with van der Waals surface area (Å²) in [4.78, 5) is 0. The number of unbranched alkanes of at least 4 members (excludes halogenated alkanes) is 1. The van der Waals surface area contributed by atoms with Crippen LogP contribution in [0.15, 0.2) is 18.2 Å². The lowest BCUT2D eigenvalue weighted by Gasteiger charge is -1.96. The summed E-state index contributed by atoms with van der Waals surface area (Å²) in [6, 6.07) is 8.04. The second kappa shape index (κ2) is 4.36. The smallest absolute Gasteiger partial charge is 0.101 e. The molecule has 0 saturated carbocycles. The minimum atomic E-state index is 0.704. The molecule has 16 heavy (non-hydrogen) atoms. The van der Waals surface area contributed by atoms with Gasteiger partial charge in [0.1, 0.15) is 6.07 Å². The van der Waals surface area contributed by atoms with Crippen LogP contribution in [0.3, 0.4) is 0 Å². The molecule has 0 radical (unpaired) electrons. The Bertz CT molecular complexity index is 546. The van der Waals surface area contributed by atoms with Gasteiger partial charge in [0, 0.05) is 12.4 Å². The molecular formula is C13H15N3. The Labute approximate surface area is 95.3 Å². The minimum Gasteiger partial charge on any atom is -0.266 e. The van der Waals surface area contributed by atoms with Gasteiger partial charge in [-0.05, 0) is 18.9 Å². The summed E-state index contributed by atoms with van der Waals surface area (Å²) in [7, 11) is 1.90. The number of nitrogens with zero attached hydrogens (tertiary/aromatic N) is 3. The molecule has 1 aromatic carbocycles. The molecule has 0 fully saturated rings. The average Bonchev–Trinajstić information content (AvgIpc) is 2.64. The number of hydrogen-bond acceptors (Lipinski definition) is 2. The number of para-hydroxylation sites is 1. The molecule has 0 aliphatic heterocycles. The Kier molecular flexibility index (Phi) is 2.91. The Morgan fingerprint density at radius 1 is 1.44 bits per heavy atom. The number of benzene rings is 1. The van der Waals surface area contributed by atoms with E-state index >= 15 is 0 Å². The number of nitriles is 1. The van der Waals surface area contributed by atoms with Crippen LogP contribution >= 0.6 is 0 Å². The van der Waals surface area contributed by atoms with E-state index in [0.29, 0.717) is 5.56 Å². The molecule has 0 N–H and O–H groups in total. The molecule has 0 bridgehead atoms. The van der Waals surface area contributed by atoms with Crippen LogP contribution in [0, 0.1) is 11.3 Å². The van der Waals surface area contributed by atoms with Crippen molar-refractivity contribution < 1.29 is 0 Å². The highest BCUT2D eigenvalue weighted by Gasteiger charge is 2.10. The van der Waals surface area contributed by atoms with E-state index in [2.05, 4.69) is 18.1 Å². The highest BCUT2D eigenvalue weighted by Crippen LogP contribution is 2.22. The van der Waals surface area contributed by atoms with Crippen LogP contribution in [-0.2, 0) is 13.5 Å². The van der Waals surface area contributed by atoms with E-state index in [0.717, 1.165) is 35.9 Å². The fourth-order valence-electron chi connectivity index (χ4n) is 2.03.